The third kappa shape index (κ3) is 1.52. The standard InChI is InChI=1S/C12H10O3/c13-6-5-10-8-3-1-2-4-9(8)11(14)7-12(10)15/h1-4,6-7,14-15H,5H2. The molecular weight excluding hydrogens is 192 g/mol. The lowest BCUT2D eigenvalue weighted by atomic mass is 10.0. The SMILES string of the molecule is O=CCc1c(O)cc(O)c2ccccc12. The van der Waals surface area contributed by atoms with E-state index in [1.807, 2.05) is 0 Å². The van der Waals surface area contributed by atoms with Crippen molar-refractivity contribution >= 4 is 17.1 Å². The maximum Gasteiger partial charge on any atom is 0.127 e. The molecule has 0 unspecified atom stereocenters. The van der Waals surface area contributed by atoms with Gasteiger partial charge in [0.25, 0.3) is 0 Å². The summed E-state index contributed by atoms with van der Waals surface area (Å²) in [6.07, 6.45) is 0.880. The molecule has 2 rings (SSSR count). The molecule has 76 valence electrons. The normalized spacial score (nSPS) is 10.4. The van der Waals surface area contributed by atoms with Crippen molar-refractivity contribution in [1.82, 2.24) is 0 Å². The van der Waals surface area contributed by atoms with E-state index in [1.54, 1.807) is 24.3 Å². The number of aldehydes is 1. The Balaban J connectivity index is 2.83. The Morgan fingerprint density at radius 3 is 2.40 bits per heavy atom. The molecule has 2 aromatic carbocycles. The second-order valence-corrected chi connectivity index (χ2v) is 3.31. The number of benzene rings is 2. The number of rotatable bonds is 2. The van der Waals surface area contributed by atoms with Crippen LogP contribution >= 0.6 is 0 Å². The topological polar surface area (TPSA) is 57.5 Å². The molecule has 0 amide bonds. The second-order valence-electron chi connectivity index (χ2n) is 3.31. The van der Waals surface area contributed by atoms with Crippen LogP contribution in [0.3, 0.4) is 0 Å². The molecule has 0 atom stereocenters. The maximum atomic E-state index is 10.5. The van der Waals surface area contributed by atoms with E-state index < -0.39 is 0 Å². The highest BCUT2D eigenvalue weighted by Crippen LogP contribution is 2.34. The molecule has 3 heteroatoms. The predicted octanol–water partition coefficient (Wildman–Crippen LogP) is 1.99. The third-order valence-electron chi connectivity index (χ3n) is 2.40. The van der Waals surface area contributed by atoms with Gasteiger partial charge >= 0.3 is 0 Å². The summed E-state index contributed by atoms with van der Waals surface area (Å²) in [7, 11) is 0. The molecule has 2 aromatic rings. The monoisotopic (exact) mass is 202 g/mol. The first-order chi connectivity index (χ1) is 7.24. The molecule has 0 heterocycles. The highest BCUT2D eigenvalue weighted by Gasteiger charge is 2.09. The molecule has 0 radical (unpaired) electrons. The van der Waals surface area contributed by atoms with Gasteiger partial charge in [-0.1, -0.05) is 24.3 Å². The molecular formula is C12H10O3. The summed E-state index contributed by atoms with van der Waals surface area (Å²) in [5.74, 6) is -0.0175. The highest BCUT2D eigenvalue weighted by atomic mass is 16.3. The highest BCUT2D eigenvalue weighted by molar-refractivity contribution is 5.93. The quantitative estimate of drug-likeness (QED) is 0.732. The van der Waals surface area contributed by atoms with Crippen molar-refractivity contribution < 1.29 is 15.0 Å². The minimum Gasteiger partial charge on any atom is -0.507 e. The molecule has 0 fully saturated rings. The number of carbonyl (C=O) groups excluding carboxylic acids is 1. The number of carbonyl (C=O) groups is 1. The summed E-state index contributed by atoms with van der Waals surface area (Å²) < 4.78 is 0. The molecule has 3 nitrogen and oxygen atoms in total. The first-order valence-corrected chi connectivity index (χ1v) is 4.60. The van der Waals surface area contributed by atoms with E-state index in [0.717, 1.165) is 6.29 Å². The Bertz CT molecular complexity index is 518. The van der Waals surface area contributed by atoms with Crippen molar-refractivity contribution in [2.45, 2.75) is 6.42 Å². The Kier molecular flexibility index (Phi) is 2.29. The van der Waals surface area contributed by atoms with E-state index in [-0.39, 0.29) is 17.9 Å². The molecule has 2 N–H and O–H groups in total. The molecule has 0 aliphatic carbocycles. The van der Waals surface area contributed by atoms with Crippen LogP contribution in [-0.2, 0) is 11.2 Å². The van der Waals surface area contributed by atoms with E-state index in [4.69, 9.17) is 0 Å². The van der Waals surface area contributed by atoms with Crippen LogP contribution in [0.5, 0.6) is 11.5 Å². The van der Waals surface area contributed by atoms with Crippen LogP contribution in [0, 0.1) is 0 Å². The average Bonchev–Trinajstić information content (AvgIpc) is 2.24. The molecule has 15 heavy (non-hydrogen) atoms. The molecule has 0 aromatic heterocycles. The summed E-state index contributed by atoms with van der Waals surface area (Å²) in [5.41, 5.74) is 0.554. The first-order valence-electron chi connectivity index (χ1n) is 4.60. The lowest BCUT2D eigenvalue weighted by molar-refractivity contribution is -0.107. The minimum atomic E-state index is -0.0432. The van der Waals surface area contributed by atoms with Crippen LogP contribution in [0.25, 0.3) is 10.8 Å². The van der Waals surface area contributed by atoms with Gasteiger partial charge in [0.2, 0.25) is 0 Å². The van der Waals surface area contributed by atoms with Gasteiger partial charge in [-0.25, -0.2) is 0 Å². The number of aromatic hydroxyl groups is 2. The van der Waals surface area contributed by atoms with Crippen molar-refractivity contribution in [1.29, 1.82) is 0 Å². The van der Waals surface area contributed by atoms with Gasteiger partial charge in [0.05, 0.1) is 0 Å². The van der Waals surface area contributed by atoms with Crippen molar-refractivity contribution in [2.75, 3.05) is 0 Å². The predicted molar refractivity (Wildman–Crippen MR) is 57.0 cm³/mol. The fraction of sp³-hybridized carbons (Fsp3) is 0.0833. The fourth-order valence-electron chi connectivity index (χ4n) is 1.70. The lowest BCUT2D eigenvalue weighted by Crippen LogP contribution is -1.89. The van der Waals surface area contributed by atoms with Crippen molar-refractivity contribution in [2.24, 2.45) is 0 Å². The third-order valence-corrected chi connectivity index (χ3v) is 2.40. The number of phenolic OH excluding ortho intramolecular Hbond substituents is 2. The minimum absolute atomic E-state index is 0.0257. The summed E-state index contributed by atoms with van der Waals surface area (Å²) in [4.78, 5) is 10.5. The van der Waals surface area contributed by atoms with Crippen LogP contribution in [0.15, 0.2) is 30.3 Å². The number of hydrogen-bond donors (Lipinski definition) is 2. The van der Waals surface area contributed by atoms with Crippen molar-refractivity contribution in [3.8, 4) is 11.5 Å². The zero-order valence-corrected chi connectivity index (χ0v) is 7.97. The van der Waals surface area contributed by atoms with Gasteiger partial charge in [0, 0.05) is 23.4 Å². The molecule has 0 spiro atoms. The number of hydrogen-bond acceptors (Lipinski definition) is 3. The Morgan fingerprint density at radius 2 is 1.73 bits per heavy atom. The molecule has 0 bridgehead atoms. The van der Waals surface area contributed by atoms with Gasteiger partial charge < -0.3 is 15.0 Å². The molecule has 0 saturated heterocycles. The number of phenols is 2. The van der Waals surface area contributed by atoms with Crippen LogP contribution in [-0.4, -0.2) is 16.5 Å². The van der Waals surface area contributed by atoms with Crippen LogP contribution in [0.2, 0.25) is 0 Å². The molecule has 0 aliphatic rings. The van der Waals surface area contributed by atoms with Crippen molar-refractivity contribution in [3.63, 3.8) is 0 Å². The van der Waals surface area contributed by atoms with Crippen LogP contribution in [0.1, 0.15) is 5.56 Å². The Morgan fingerprint density at radius 1 is 1.07 bits per heavy atom. The van der Waals surface area contributed by atoms with Gasteiger partial charge in [-0.2, -0.15) is 0 Å². The fourth-order valence-corrected chi connectivity index (χ4v) is 1.70. The van der Waals surface area contributed by atoms with E-state index in [9.17, 15) is 15.0 Å². The van der Waals surface area contributed by atoms with Gasteiger partial charge in [0.1, 0.15) is 17.8 Å². The Hall–Kier alpha value is -2.03. The smallest absolute Gasteiger partial charge is 0.127 e. The second kappa shape index (κ2) is 3.61. The van der Waals surface area contributed by atoms with E-state index >= 15 is 0 Å². The Labute approximate surface area is 86.6 Å². The van der Waals surface area contributed by atoms with Crippen LogP contribution in [0.4, 0.5) is 0 Å². The van der Waals surface area contributed by atoms with Gasteiger partial charge in [-0.05, 0) is 5.39 Å². The zero-order chi connectivity index (χ0) is 10.8. The molecule has 0 aliphatic heterocycles. The van der Waals surface area contributed by atoms with Gasteiger partial charge in [-0.15, -0.1) is 0 Å². The largest absolute Gasteiger partial charge is 0.507 e. The zero-order valence-electron chi connectivity index (χ0n) is 7.97. The maximum absolute atomic E-state index is 10.5. The van der Waals surface area contributed by atoms with Crippen molar-refractivity contribution in [3.05, 3.63) is 35.9 Å². The average molecular weight is 202 g/mol. The van der Waals surface area contributed by atoms with Crippen LogP contribution < -0.4 is 0 Å². The summed E-state index contributed by atoms with van der Waals surface area (Å²) in [6.45, 7) is 0. The van der Waals surface area contributed by atoms with E-state index in [2.05, 4.69) is 0 Å². The summed E-state index contributed by atoms with van der Waals surface area (Å²) >= 11 is 0. The summed E-state index contributed by atoms with van der Waals surface area (Å²) in [6, 6.07) is 8.38. The van der Waals surface area contributed by atoms with Gasteiger partial charge in [-0.3, -0.25) is 0 Å². The lowest BCUT2D eigenvalue weighted by Gasteiger charge is -2.08. The van der Waals surface area contributed by atoms with E-state index in [1.165, 1.54) is 6.07 Å². The van der Waals surface area contributed by atoms with Gasteiger partial charge in [0.15, 0.2) is 0 Å². The first kappa shape index (κ1) is 9.52. The summed E-state index contributed by atoms with van der Waals surface area (Å²) in [5, 5.41) is 20.6. The van der Waals surface area contributed by atoms with E-state index in [0.29, 0.717) is 16.3 Å². The number of fused-ring (bicyclic) bond motifs is 1. The molecule has 0 saturated carbocycles.